The number of nitriles is 1. The highest BCUT2D eigenvalue weighted by molar-refractivity contribution is 7.11. The maximum absolute atomic E-state index is 8.91. The van der Waals surface area contributed by atoms with E-state index in [-0.39, 0.29) is 6.04 Å². The summed E-state index contributed by atoms with van der Waals surface area (Å²) in [5.74, 6) is 0. The molecule has 1 heterocycles. The van der Waals surface area contributed by atoms with Crippen LogP contribution in [0.15, 0.2) is 42.5 Å². The van der Waals surface area contributed by atoms with Crippen molar-refractivity contribution < 1.29 is 0 Å². The van der Waals surface area contributed by atoms with Crippen molar-refractivity contribution in [2.75, 3.05) is 0 Å². The molecule has 1 N–H and O–H groups in total. The van der Waals surface area contributed by atoms with E-state index in [0.29, 0.717) is 6.42 Å². The van der Waals surface area contributed by atoms with E-state index in [2.05, 4.69) is 42.6 Å². The van der Waals surface area contributed by atoms with E-state index in [1.807, 2.05) is 18.2 Å². The summed E-state index contributed by atoms with van der Waals surface area (Å²) in [6.07, 6.45) is 0.494. The van der Waals surface area contributed by atoms with Gasteiger partial charge in [-0.05, 0) is 24.6 Å². The normalized spacial score (nSPS) is 12.0. The van der Waals surface area contributed by atoms with Crippen LogP contribution in [0.4, 0.5) is 0 Å². The minimum absolute atomic E-state index is 0.110. The summed E-state index contributed by atoms with van der Waals surface area (Å²) in [6, 6.07) is 16.8. The highest BCUT2D eigenvalue weighted by Gasteiger charge is 2.10. The van der Waals surface area contributed by atoms with Crippen LogP contribution in [0.2, 0.25) is 0 Å². The Morgan fingerprint density at radius 3 is 2.61 bits per heavy atom. The number of hydrogen-bond acceptors (Lipinski definition) is 3. The van der Waals surface area contributed by atoms with Gasteiger partial charge in [0, 0.05) is 22.3 Å². The van der Waals surface area contributed by atoms with Crippen LogP contribution in [-0.2, 0) is 6.54 Å². The van der Waals surface area contributed by atoms with Gasteiger partial charge in [-0.2, -0.15) is 5.26 Å². The zero-order valence-corrected chi connectivity index (χ0v) is 11.2. The summed E-state index contributed by atoms with van der Waals surface area (Å²) in [5.41, 5.74) is 1.17. The van der Waals surface area contributed by atoms with Crippen LogP contribution < -0.4 is 5.32 Å². The summed E-state index contributed by atoms with van der Waals surface area (Å²) in [5, 5.41) is 12.4. The molecule has 1 atom stereocenters. The highest BCUT2D eigenvalue weighted by Crippen LogP contribution is 2.19. The molecule has 0 aliphatic heterocycles. The van der Waals surface area contributed by atoms with Crippen molar-refractivity contribution in [3.63, 3.8) is 0 Å². The molecular formula is C15H16N2S. The van der Waals surface area contributed by atoms with Crippen molar-refractivity contribution in [2.24, 2.45) is 0 Å². The lowest BCUT2D eigenvalue weighted by Crippen LogP contribution is -2.20. The molecule has 0 aliphatic carbocycles. The standard InChI is InChI=1S/C15H16N2S/c1-12-7-8-14(18-12)11-17-15(9-10-16)13-5-3-2-4-6-13/h2-8,15,17H,9,11H2,1H3. The molecule has 3 heteroatoms. The molecule has 1 aromatic heterocycles. The van der Waals surface area contributed by atoms with Crippen molar-refractivity contribution in [1.29, 1.82) is 5.26 Å². The summed E-state index contributed by atoms with van der Waals surface area (Å²) in [6.45, 7) is 2.93. The van der Waals surface area contributed by atoms with Gasteiger partial charge >= 0.3 is 0 Å². The van der Waals surface area contributed by atoms with Crippen molar-refractivity contribution in [3.05, 3.63) is 57.8 Å². The molecular weight excluding hydrogens is 240 g/mol. The minimum atomic E-state index is 0.110. The minimum Gasteiger partial charge on any atom is -0.304 e. The Morgan fingerprint density at radius 2 is 2.00 bits per heavy atom. The zero-order valence-electron chi connectivity index (χ0n) is 10.4. The van der Waals surface area contributed by atoms with Crippen molar-refractivity contribution in [2.45, 2.75) is 25.9 Å². The molecule has 0 bridgehead atoms. The number of aryl methyl sites for hydroxylation is 1. The number of hydrogen-bond donors (Lipinski definition) is 1. The van der Waals surface area contributed by atoms with Gasteiger partial charge in [0.1, 0.15) is 0 Å². The Morgan fingerprint density at radius 1 is 1.22 bits per heavy atom. The Kier molecular flexibility index (Phi) is 4.52. The fraction of sp³-hybridized carbons (Fsp3) is 0.267. The molecule has 0 amide bonds. The van der Waals surface area contributed by atoms with Gasteiger partial charge in [-0.15, -0.1) is 11.3 Å². The smallest absolute Gasteiger partial charge is 0.0641 e. The molecule has 0 spiro atoms. The molecule has 1 unspecified atom stereocenters. The predicted molar refractivity (Wildman–Crippen MR) is 75.3 cm³/mol. The SMILES string of the molecule is Cc1ccc(CNC(CC#N)c2ccccc2)s1. The van der Waals surface area contributed by atoms with E-state index in [0.717, 1.165) is 6.54 Å². The largest absolute Gasteiger partial charge is 0.304 e. The molecule has 0 radical (unpaired) electrons. The van der Waals surface area contributed by atoms with Gasteiger partial charge in [-0.3, -0.25) is 0 Å². The van der Waals surface area contributed by atoms with Gasteiger partial charge in [0.25, 0.3) is 0 Å². The number of benzene rings is 1. The Labute approximate surface area is 112 Å². The maximum atomic E-state index is 8.91. The first-order valence-corrected chi connectivity index (χ1v) is 6.82. The van der Waals surface area contributed by atoms with Gasteiger partial charge in [0.05, 0.1) is 12.5 Å². The van der Waals surface area contributed by atoms with Crippen LogP contribution in [0.5, 0.6) is 0 Å². The van der Waals surface area contributed by atoms with Crippen LogP contribution in [0.25, 0.3) is 0 Å². The molecule has 92 valence electrons. The van der Waals surface area contributed by atoms with Gasteiger partial charge in [-0.1, -0.05) is 30.3 Å². The maximum Gasteiger partial charge on any atom is 0.0641 e. The van der Waals surface area contributed by atoms with E-state index < -0.39 is 0 Å². The fourth-order valence-electron chi connectivity index (χ4n) is 1.89. The molecule has 1 aromatic carbocycles. The quantitative estimate of drug-likeness (QED) is 0.883. The van der Waals surface area contributed by atoms with E-state index >= 15 is 0 Å². The van der Waals surface area contributed by atoms with Crippen molar-refractivity contribution in [1.82, 2.24) is 5.32 Å². The topological polar surface area (TPSA) is 35.8 Å². The summed E-state index contributed by atoms with van der Waals surface area (Å²) in [4.78, 5) is 2.63. The summed E-state index contributed by atoms with van der Waals surface area (Å²) < 4.78 is 0. The van der Waals surface area contributed by atoms with Gasteiger partial charge in [0.15, 0.2) is 0 Å². The second-order valence-electron chi connectivity index (χ2n) is 4.22. The Hall–Kier alpha value is -1.63. The van der Waals surface area contributed by atoms with E-state index in [1.54, 1.807) is 11.3 Å². The number of rotatable bonds is 5. The fourth-order valence-corrected chi connectivity index (χ4v) is 2.73. The average molecular weight is 256 g/mol. The van der Waals surface area contributed by atoms with Crippen molar-refractivity contribution >= 4 is 11.3 Å². The van der Waals surface area contributed by atoms with Gasteiger partial charge in [-0.25, -0.2) is 0 Å². The van der Waals surface area contributed by atoms with Gasteiger partial charge < -0.3 is 5.32 Å². The Bertz CT molecular complexity index is 525. The van der Waals surface area contributed by atoms with Crippen LogP contribution in [0.3, 0.4) is 0 Å². The third-order valence-corrected chi connectivity index (χ3v) is 3.82. The lowest BCUT2D eigenvalue weighted by Gasteiger charge is -2.15. The second-order valence-corrected chi connectivity index (χ2v) is 5.59. The van der Waals surface area contributed by atoms with E-state index in [4.69, 9.17) is 5.26 Å². The lowest BCUT2D eigenvalue weighted by atomic mass is 10.0. The molecule has 2 aromatic rings. The van der Waals surface area contributed by atoms with E-state index in [1.165, 1.54) is 15.3 Å². The molecule has 0 aliphatic rings. The number of nitrogens with zero attached hydrogens (tertiary/aromatic N) is 1. The van der Waals surface area contributed by atoms with E-state index in [9.17, 15) is 0 Å². The van der Waals surface area contributed by atoms with Crippen LogP contribution in [0.1, 0.15) is 27.8 Å². The molecule has 2 nitrogen and oxygen atoms in total. The van der Waals surface area contributed by atoms with Crippen LogP contribution in [0, 0.1) is 18.3 Å². The molecule has 0 saturated carbocycles. The Balaban J connectivity index is 2.01. The zero-order chi connectivity index (χ0) is 12.8. The first-order valence-electron chi connectivity index (χ1n) is 6.00. The third-order valence-electron chi connectivity index (χ3n) is 2.82. The molecule has 2 rings (SSSR count). The highest BCUT2D eigenvalue weighted by atomic mass is 32.1. The first kappa shape index (κ1) is 12.8. The summed E-state index contributed by atoms with van der Waals surface area (Å²) in [7, 11) is 0. The van der Waals surface area contributed by atoms with Crippen molar-refractivity contribution in [3.8, 4) is 6.07 Å². The number of thiophene rings is 1. The molecule has 0 saturated heterocycles. The molecule has 18 heavy (non-hydrogen) atoms. The predicted octanol–water partition coefficient (Wildman–Crippen LogP) is 3.80. The second kappa shape index (κ2) is 6.34. The van der Waals surface area contributed by atoms with Crippen LogP contribution >= 0.6 is 11.3 Å². The monoisotopic (exact) mass is 256 g/mol. The van der Waals surface area contributed by atoms with Crippen LogP contribution in [-0.4, -0.2) is 0 Å². The third kappa shape index (κ3) is 3.43. The van der Waals surface area contributed by atoms with Gasteiger partial charge in [0.2, 0.25) is 0 Å². The first-order chi connectivity index (χ1) is 8.79. The molecule has 0 fully saturated rings. The average Bonchev–Trinajstić information content (AvgIpc) is 2.81. The summed E-state index contributed by atoms with van der Waals surface area (Å²) >= 11 is 1.80. The lowest BCUT2D eigenvalue weighted by molar-refractivity contribution is 0.546. The number of nitrogens with one attached hydrogen (secondary N) is 1.